The number of nitrogens with one attached hydrogen (secondary N) is 1. The maximum atomic E-state index is 12.1. The molecule has 0 radical (unpaired) electrons. The molecule has 20 heavy (non-hydrogen) atoms. The first-order valence-corrected chi connectivity index (χ1v) is 7.19. The summed E-state index contributed by atoms with van der Waals surface area (Å²) in [5, 5.41) is 0. The maximum Gasteiger partial charge on any atom is 0.425 e. The molecular weight excluding hydrogens is 347 g/mol. The third-order valence-electron chi connectivity index (χ3n) is 1.52. The fourth-order valence-corrected chi connectivity index (χ4v) is 3.21. The van der Waals surface area contributed by atoms with Crippen molar-refractivity contribution in [3.8, 4) is 0 Å². The highest BCUT2D eigenvalue weighted by molar-refractivity contribution is 7.90. The highest BCUT2D eigenvalue weighted by atomic mass is 32.2. The van der Waals surface area contributed by atoms with Crippen LogP contribution in [0, 0.1) is 0 Å². The van der Waals surface area contributed by atoms with Crippen LogP contribution in [0.1, 0.15) is 0 Å². The van der Waals surface area contributed by atoms with E-state index in [4.69, 9.17) is 0 Å². The van der Waals surface area contributed by atoms with Crippen molar-refractivity contribution >= 4 is 18.1 Å². The first-order valence-electron chi connectivity index (χ1n) is 4.24. The lowest BCUT2D eigenvalue weighted by atomic mass is 10.3. The summed E-state index contributed by atoms with van der Waals surface area (Å²) in [4.78, 5) is 0. The molecule has 0 saturated heterocycles. The summed E-state index contributed by atoms with van der Waals surface area (Å²) < 4.78 is 117. The van der Waals surface area contributed by atoms with Gasteiger partial charge in [-0.2, -0.15) is 34.8 Å². The van der Waals surface area contributed by atoms with E-state index in [-0.39, 0.29) is 0 Å². The van der Waals surface area contributed by atoms with Gasteiger partial charge in [0.2, 0.25) is 0 Å². The van der Waals surface area contributed by atoms with E-state index < -0.39 is 36.5 Å². The molecule has 0 amide bonds. The minimum absolute atomic E-state index is 0.637. The van der Waals surface area contributed by atoms with Gasteiger partial charge in [0, 0.05) is 14.2 Å². The molecule has 0 aliphatic heterocycles. The van der Waals surface area contributed by atoms with Crippen molar-refractivity contribution in [3.63, 3.8) is 0 Å². The second-order valence-electron chi connectivity index (χ2n) is 2.97. The summed E-state index contributed by atoms with van der Waals surface area (Å²) >= 11 is 0. The third-order valence-corrected chi connectivity index (χ3v) is 4.72. The van der Waals surface area contributed by atoms with Gasteiger partial charge < -0.3 is 0 Å². The van der Waals surface area contributed by atoms with Gasteiger partial charge in [-0.3, -0.25) is 9.05 Å². The smallest absolute Gasteiger partial charge is 0.299 e. The minimum atomic E-state index is -6.06. The molecule has 0 aliphatic rings. The van der Waals surface area contributed by atoms with Gasteiger partial charge in [0.25, 0.3) is 6.10 Å². The Bertz CT molecular complexity index is 451. The van der Waals surface area contributed by atoms with Crippen LogP contribution in [0.15, 0.2) is 0 Å². The van der Waals surface area contributed by atoms with Gasteiger partial charge in [0.1, 0.15) is 0 Å². The Kier molecular flexibility index (Phi) is 6.03. The van der Waals surface area contributed by atoms with E-state index in [1.807, 2.05) is 0 Å². The molecule has 0 aliphatic carbocycles. The Balaban J connectivity index is 5.30. The van der Waals surface area contributed by atoms with Gasteiger partial charge in [-0.25, -0.2) is 8.75 Å². The minimum Gasteiger partial charge on any atom is -0.299 e. The summed E-state index contributed by atoms with van der Waals surface area (Å²) in [5.41, 5.74) is 0. The van der Waals surface area contributed by atoms with Crippen molar-refractivity contribution in [2.75, 3.05) is 14.2 Å². The van der Waals surface area contributed by atoms with Crippen molar-refractivity contribution in [2.45, 2.75) is 18.5 Å². The molecular formula is C5H8F6NO6PS. The lowest BCUT2D eigenvalue weighted by molar-refractivity contribution is -0.299. The van der Waals surface area contributed by atoms with Crippen LogP contribution in [0.3, 0.4) is 0 Å². The molecule has 0 aromatic heterocycles. The van der Waals surface area contributed by atoms with Crippen molar-refractivity contribution in [1.29, 1.82) is 0 Å². The molecule has 15 heteroatoms. The Morgan fingerprint density at radius 1 is 1.00 bits per heavy atom. The van der Waals surface area contributed by atoms with Crippen LogP contribution in [0.5, 0.6) is 0 Å². The van der Waals surface area contributed by atoms with Crippen molar-refractivity contribution in [3.05, 3.63) is 0 Å². The van der Waals surface area contributed by atoms with Gasteiger partial charge in [0.15, 0.2) is 0 Å². The fourth-order valence-electron chi connectivity index (χ4n) is 0.729. The molecule has 0 spiro atoms. The van der Waals surface area contributed by atoms with E-state index in [0.717, 1.165) is 4.49 Å². The van der Waals surface area contributed by atoms with Crippen LogP contribution in [0.4, 0.5) is 26.3 Å². The second-order valence-corrected chi connectivity index (χ2v) is 6.52. The van der Waals surface area contributed by atoms with Gasteiger partial charge >= 0.3 is 30.4 Å². The second kappa shape index (κ2) is 6.15. The Morgan fingerprint density at radius 3 is 1.60 bits per heavy atom. The average molecular weight is 355 g/mol. The standard InChI is InChI=1S/C5H8F6NO6PS/c1-16-19(13,17-2)12-20(14,15)18-3(4(6,7)8)5(9,10)11/h3H,1-2H3,(H,12,13). The Labute approximate surface area is 109 Å². The molecule has 0 bridgehead atoms. The summed E-state index contributed by atoms with van der Waals surface area (Å²) in [6, 6.07) is 0. The Morgan fingerprint density at radius 2 is 1.35 bits per heavy atom. The molecule has 0 heterocycles. The van der Waals surface area contributed by atoms with Gasteiger partial charge in [-0.1, -0.05) is 4.49 Å². The quantitative estimate of drug-likeness (QED) is 0.576. The molecule has 0 saturated carbocycles. The zero-order valence-corrected chi connectivity index (χ0v) is 11.4. The number of hydrogen-bond acceptors (Lipinski definition) is 6. The average Bonchev–Trinajstić information content (AvgIpc) is 2.22. The molecule has 122 valence electrons. The van der Waals surface area contributed by atoms with Crippen LogP contribution < -0.4 is 4.49 Å². The van der Waals surface area contributed by atoms with Crippen molar-refractivity contribution in [1.82, 2.24) is 4.49 Å². The van der Waals surface area contributed by atoms with Crippen LogP contribution in [0.2, 0.25) is 0 Å². The lowest BCUT2D eigenvalue weighted by Crippen LogP contribution is -2.47. The van der Waals surface area contributed by atoms with Gasteiger partial charge in [-0.15, -0.1) is 0 Å². The van der Waals surface area contributed by atoms with Crippen molar-refractivity contribution < 1.29 is 52.6 Å². The largest absolute Gasteiger partial charge is 0.425 e. The van der Waals surface area contributed by atoms with E-state index in [0.29, 0.717) is 14.2 Å². The summed E-state index contributed by atoms with van der Waals surface area (Å²) in [7, 11) is -9.12. The molecule has 0 aromatic rings. The molecule has 0 fully saturated rings. The monoisotopic (exact) mass is 355 g/mol. The van der Waals surface area contributed by atoms with Crippen LogP contribution in [-0.4, -0.2) is 41.1 Å². The van der Waals surface area contributed by atoms with Crippen LogP contribution in [-0.2, 0) is 28.1 Å². The number of halogens is 6. The predicted octanol–water partition coefficient (Wildman–Crippen LogP) is 1.73. The molecule has 0 rings (SSSR count). The predicted molar refractivity (Wildman–Crippen MR) is 50.7 cm³/mol. The van der Waals surface area contributed by atoms with Crippen LogP contribution >= 0.6 is 7.75 Å². The van der Waals surface area contributed by atoms with Crippen LogP contribution in [0.25, 0.3) is 0 Å². The molecule has 1 N–H and O–H groups in total. The SMILES string of the molecule is COP(=O)(NS(=O)(=O)OC(C(F)(F)F)C(F)(F)F)OC. The maximum absolute atomic E-state index is 12.1. The van der Waals surface area contributed by atoms with E-state index in [2.05, 4.69) is 13.2 Å². The van der Waals surface area contributed by atoms with Crippen molar-refractivity contribution in [2.24, 2.45) is 0 Å². The lowest BCUT2D eigenvalue weighted by Gasteiger charge is -2.23. The van der Waals surface area contributed by atoms with Gasteiger partial charge in [0.05, 0.1) is 0 Å². The highest BCUT2D eigenvalue weighted by Crippen LogP contribution is 2.43. The normalized spacial score (nSPS) is 14.8. The van der Waals surface area contributed by atoms with Gasteiger partial charge in [-0.05, 0) is 0 Å². The molecule has 0 atom stereocenters. The first-order chi connectivity index (χ1) is 8.67. The third kappa shape index (κ3) is 5.93. The van der Waals surface area contributed by atoms with E-state index in [1.165, 1.54) is 0 Å². The zero-order valence-electron chi connectivity index (χ0n) is 9.65. The molecule has 0 unspecified atom stereocenters. The topological polar surface area (TPSA) is 90.9 Å². The summed E-state index contributed by atoms with van der Waals surface area (Å²) in [6.45, 7) is 0. The Hall–Kier alpha value is -0.400. The number of alkyl halides is 6. The summed E-state index contributed by atoms with van der Waals surface area (Å²) in [5.74, 6) is 0. The number of rotatable bonds is 6. The van der Waals surface area contributed by atoms with E-state index >= 15 is 0 Å². The van der Waals surface area contributed by atoms with E-state index in [9.17, 15) is 39.3 Å². The number of hydrogen-bond donors (Lipinski definition) is 1. The van der Waals surface area contributed by atoms with E-state index in [1.54, 1.807) is 0 Å². The molecule has 0 aromatic carbocycles. The summed E-state index contributed by atoms with van der Waals surface area (Å²) in [6.07, 6.45) is -16.7. The zero-order chi connectivity index (χ0) is 16.4. The first kappa shape index (κ1) is 19.6. The molecule has 7 nitrogen and oxygen atoms in total. The fraction of sp³-hybridized carbons (Fsp3) is 1.00. The highest BCUT2D eigenvalue weighted by Gasteiger charge is 2.60.